The zero-order chi connectivity index (χ0) is 13.4. The van der Waals surface area contributed by atoms with Crippen molar-refractivity contribution in [2.75, 3.05) is 11.9 Å². The molecule has 0 bridgehead atoms. The molecule has 7 heteroatoms. The van der Waals surface area contributed by atoms with E-state index in [4.69, 9.17) is 4.42 Å². The number of aromatic nitrogens is 1. The maximum absolute atomic E-state index is 12.0. The van der Waals surface area contributed by atoms with Gasteiger partial charge >= 0.3 is 5.76 Å². The van der Waals surface area contributed by atoms with Crippen molar-refractivity contribution in [1.29, 1.82) is 0 Å². The molecule has 0 saturated carbocycles. The number of aryl methyl sites for hydroxylation is 1. The number of anilines is 1. The van der Waals surface area contributed by atoms with E-state index in [-0.39, 0.29) is 24.4 Å². The summed E-state index contributed by atoms with van der Waals surface area (Å²) >= 11 is 0. The summed E-state index contributed by atoms with van der Waals surface area (Å²) in [6, 6.07) is 5.07. The predicted octanol–water partition coefficient (Wildman–Crippen LogP) is 1.24. The monoisotopic (exact) mass is 297 g/mol. The Hall–Kier alpha value is -1.79. The Kier molecular flexibility index (Phi) is 4.15. The minimum Gasteiger partial charge on any atom is -0.408 e. The lowest BCUT2D eigenvalue weighted by Crippen LogP contribution is -2.35. The first-order valence-electron chi connectivity index (χ1n) is 6.29. The Morgan fingerprint density at radius 2 is 2.30 bits per heavy atom. The van der Waals surface area contributed by atoms with Gasteiger partial charge in [0.25, 0.3) is 0 Å². The van der Waals surface area contributed by atoms with Crippen LogP contribution in [0.15, 0.2) is 27.4 Å². The van der Waals surface area contributed by atoms with Crippen LogP contribution in [0, 0.1) is 0 Å². The van der Waals surface area contributed by atoms with Crippen LogP contribution in [0.25, 0.3) is 11.1 Å². The quantitative estimate of drug-likeness (QED) is 0.874. The predicted molar refractivity (Wildman–Crippen MR) is 78.4 cm³/mol. The molecule has 0 radical (unpaired) electrons. The van der Waals surface area contributed by atoms with Gasteiger partial charge in [-0.1, -0.05) is 0 Å². The van der Waals surface area contributed by atoms with Crippen LogP contribution in [-0.2, 0) is 11.8 Å². The summed E-state index contributed by atoms with van der Waals surface area (Å²) in [6.45, 7) is 0.880. The summed E-state index contributed by atoms with van der Waals surface area (Å²) in [6.07, 6.45) is 1.87. The third-order valence-corrected chi connectivity index (χ3v) is 3.44. The Labute approximate surface area is 121 Å². The van der Waals surface area contributed by atoms with Crippen molar-refractivity contribution >= 4 is 35.1 Å². The number of hydrogen-bond donors (Lipinski definition) is 2. The summed E-state index contributed by atoms with van der Waals surface area (Å²) in [5.41, 5.74) is 1.83. The van der Waals surface area contributed by atoms with Gasteiger partial charge in [0.05, 0.1) is 11.6 Å². The van der Waals surface area contributed by atoms with Crippen LogP contribution >= 0.6 is 12.4 Å². The highest BCUT2D eigenvalue weighted by Crippen LogP contribution is 2.18. The number of fused-ring (bicyclic) bond motifs is 1. The van der Waals surface area contributed by atoms with Gasteiger partial charge in [-0.2, -0.15) is 0 Å². The van der Waals surface area contributed by atoms with E-state index in [1.54, 1.807) is 25.2 Å². The molecular weight excluding hydrogens is 282 g/mol. The molecular formula is C13H16ClN3O3. The van der Waals surface area contributed by atoms with Crippen LogP contribution in [0.3, 0.4) is 0 Å². The van der Waals surface area contributed by atoms with Crippen molar-refractivity contribution < 1.29 is 9.21 Å². The maximum atomic E-state index is 12.0. The molecule has 2 heterocycles. The number of nitrogens with one attached hydrogen (secondary N) is 2. The van der Waals surface area contributed by atoms with Gasteiger partial charge < -0.3 is 15.1 Å². The molecule has 2 aromatic rings. The van der Waals surface area contributed by atoms with E-state index in [0.717, 1.165) is 19.4 Å². The first-order chi connectivity index (χ1) is 9.15. The molecule has 20 heavy (non-hydrogen) atoms. The molecule has 2 N–H and O–H groups in total. The molecule has 3 rings (SSSR count). The first-order valence-corrected chi connectivity index (χ1v) is 6.29. The Morgan fingerprint density at radius 1 is 1.50 bits per heavy atom. The third kappa shape index (κ3) is 2.57. The number of hydrogen-bond acceptors (Lipinski definition) is 4. The number of halogens is 1. The number of nitrogens with zero attached hydrogens (tertiary/aromatic N) is 1. The zero-order valence-corrected chi connectivity index (χ0v) is 11.8. The maximum Gasteiger partial charge on any atom is 0.419 e. The second-order valence-electron chi connectivity index (χ2n) is 4.75. The van der Waals surface area contributed by atoms with E-state index in [0.29, 0.717) is 16.8 Å². The molecule has 1 aliphatic heterocycles. The van der Waals surface area contributed by atoms with Gasteiger partial charge in [0.2, 0.25) is 5.91 Å². The summed E-state index contributed by atoms with van der Waals surface area (Å²) in [5, 5.41) is 5.97. The lowest BCUT2D eigenvalue weighted by Gasteiger charge is -2.10. The van der Waals surface area contributed by atoms with Gasteiger partial charge in [-0.15, -0.1) is 12.4 Å². The fourth-order valence-corrected chi connectivity index (χ4v) is 2.35. The smallest absolute Gasteiger partial charge is 0.408 e. The molecule has 1 aliphatic rings. The SMILES string of the molecule is Cl.Cn1c(=O)oc2cc(NC(=O)C3CCCN3)ccc21. The van der Waals surface area contributed by atoms with Crippen LogP contribution in [0.1, 0.15) is 12.8 Å². The molecule has 1 fully saturated rings. The van der Waals surface area contributed by atoms with Crippen LogP contribution in [-0.4, -0.2) is 23.1 Å². The molecule has 1 atom stereocenters. The van der Waals surface area contributed by atoms with E-state index in [2.05, 4.69) is 10.6 Å². The van der Waals surface area contributed by atoms with Crippen molar-refractivity contribution in [3.05, 3.63) is 28.7 Å². The van der Waals surface area contributed by atoms with Crippen LogP contribution in [0.2, 0.25) is 0 Å². The average molecular weight is 298 g/mol. The number of benzene rings is 1. The summed E-state index contributed by atoms with van der Waals surface area (Å²) in [4.78, 5) is 23.3. The van der Waals surface area contributed by atoms with Crippen LogP contribution in [0.4, 0.5) is 5.69 Å². The van der Waals surface area contributed by atoms with Gasteiger partial charge in [0, 0.05) is 18.8 Å². The fraction of sp³-hybridized carbons (Fsp3) is 0.385. The standard InChI is InChI=1S/C13H15N3O3.ClH/c1-16-10-5-4-8(7-11(10)19-13(16)18)15-12(17)9-3-2-6-14-9;/h4-5,7,9,14H,2-3,6H2,1H3,(H,15,17);1H. The Balaban J connectivity index is 0.00000147. The van der Waals surface area contributed by atoms with E-state index >= 15 is 0 Å². The van der Waals surface area contributed by atoms with E-state index < -0.39 is 5.76 Å². The second-order valence-corrected chi connectivity index (χ2v) is 4.75. The number of rotatable bonds is 2. The van der Waals surface area contributed by atoms with Gasteiger partial charge in [0.15, 0.2) is 5.58 Å². The molecule has 1 aromatic carbocycles. The average Bonchev–Trinajstić information content (AvgIpc) is 2.99. The molecule has 1 amide bonds. The highest BCUT2D eigenvalue weighted by atomic mass is 35.5. The van der Waals surface area contributed by atoms with Gasteiger partial charge in [-0.25, -0.2) is 4.79 Å². The van der Waals surface area contributed by atoms with E-state index in [9.17, 15) is 9.59 Å². The highest BCUT2D eigenvalue weighted by molar-refractivity contribution is 5.96. The topological polar surface area (TPSA) is 76.3 Å². The molecule has 108 valence electrons. The zero-order valence-electron chi connectivity index (χ0n) is 11.0. The molecule has 0 spiro atoms. The van der Waals surface area contributed by atoms with Crippen molar-refractivity contribution in [1.82, 2.24) is 9.88 Å². The van der Waals surface area contributed by atoms with Crippen molar-refractivity contribution in [2.45, 2.75) is 18.9 Å². The Morgan fingerprint density at radius 3 is 3.00 bits per heavy atom. The van der Waals surface area contributed by atoms with Gasteiger partial charge in [0.1, 0.15) is 0 Å². The molecule has 1 aromatic heterocycles. The number of oxazole rings is 1. The lowest BCUT2D eigenvalue weighted by atomic mass is 10.2. The molecule has 6 nitrogen and oxygen atoms in total. The largest absolute Gasteiger partial charge is 0.419 e. The minimum absolute atomic E-state index is 0. The van der Waals surface area contributed by atoms with E-state index in [1.165, 1.54) is 4.57 Å². The Bertz CT molecular complexity index is 686. The molecule has 1 unspecified atom stereocenters. The summed E-state index contributed by atoms with van der Waals surface area (Å²) < 4.78 is 6.52. The minimum atomic E-state index is -0.407. The summed E-state index contributed by atoms with van der Waals surface area (Å²) in [7, 11) is 1.65. The van der Waals surface area contributed by atoms with E-state index in [1.807, 2.05) is 0 Å². The number of carbonyl (C=O) groups excluding carboxylic acids is 1. The van der Waals surface area contributed by atoms with Crippen molar-refractivity contribution in [2.24, 2.45) is 7.05 Å². The first kappa shape index (κ1) is 14.6. The summed E-state index contributed by atoms with van der Waals surface area (Å²) in [5.74, 6) is -0.453. The molecule has 0 aliphatic carbocycles. The normalized spacial score (nSPS) is 17.9. The third-order valence-electron chi connectivity index (χ3n) is 3.44. The van der Waals surface area contributed by atoms with Gasteiger partial charge in [-0.05, 0) is 31.5 Å². The van der Waals surface area contributed by atoms with Crippen molar-refractivity contribution in [3.63, 3.8) is 0 Å². The van der Waals surface area contributed by atoms with Crippen LogP contribution in [0.5, 0.6) is 0 Å². The highest BCUT2D eigenvalue weighted by Gasteiger charge is 2.22. The van der Waals surface area contributed by atoms with Crippen LogP contribution < -0.4 is 16.4 Å². The van der Waals surface area contributed by atoms with Crippen molar-refractivity contribution in [3.8, 4) is 0 Å². The van der Waals surface area contributed by atoms with Gasteiger partial charge in [-0.3, -0.25) is 9.36 Å². The number of carbonyl (C=O) groups is 1. The second kappa shape index (κ2) is 5.68. The lowest BCUT2D eigenvalue weighted by molar-refractivity contribution is -0.117. The number of amides is 1. The fourth-order valence-electron chi connectivity index (χ4n) is 2.35. The molecule has 1 saturated heterocycles.